The summed E-state index contributed by atoms with van der Waals surface area (Å²) in [5.74, 6) is 0. The molecule has 7 heavy (non-hydrogen) atoms. The Bertz CT molecular complexity index is 104. The summed E-state index contributed by atoms with van der Waals surface area (Å²) in [6.07, 6.45) is 0. The van der Waals surface area contributed by atoms with Crippen molar-refractivity contribution < 1.29 is 51.4 Å². The summed E-state index contributed by atoms with van der Waals surface area (Å²) in [6, 6.07) is 0. The minimum absolute atomic E-state index is 0. The van der Waals surface area contributed by atoms with E-state index in [-0.39, 0.29) is 56.9 Å². The first-order valence-corrected chi connectivity index (χ1v) is 2.10. The molecule has 0 heterocycles. The van der Waals surface area contributed by atoms with E-state index in [1.807, 2.05) is 0 Å². The van der Waals surface area contributed by atoms with Gasteiger partial charge in [-0.25, -0.2) is 0 Å². The van der Waals surface area contributed by atoms with Crippen LogP contribution >= 0.6 is 0 Å². The van der Waals surface area contributed by atoms with Crippen LogP contribution in [0.3, 0.4) is 0 Å². The molecule has 0 atom stereocenters. The first-order chi connectivity index (χ1) is 2.00. The fraction of sp³-hybridized carbons (Fsp3) is 0. The Morgan fingerprint density at radius 3 is 1.29 bits per heavy atom. The second-order valence-electron chi connectivity index (χ2n) is 0.448. The number of rotatable bonds is 0. The van der Waals surface area contributed by atoms with Crippen LogP contribution in [0.1, 0.15) is 4.28 Å². The van der Waals surface area contributed by atoms with Crippen LogP contribution in [0.15, 0.2) is 0 Å². The zero-order valence-corrected chi connectivity index (χ0v) is 8.06. The van der Waals surface area contributed by atoms with Crippen molar-refractivity contribution in [1.29, 1.82) is 0 Å². The molecule has 2 N–H and O–H groups in total. The van der Waals surface area contributed by atoms with E-state index >= 15 is 0 Å². The number of hydrogen-bond acceptors (Lipinski definition) is 2. The van der Waals surface area contributed by atoms with Crippen LogP contribution in [0.4, 0.5) is 0 Å². The SMILES string of the molecule is O=S(=O)(O)O.[H-].[H-].[H-].[Mg+2].[Na+]. The van der Waals surface area contributed by atoms with E-state index in [0.29, 0.717) is 0 Å². The average Bonchev–Trinajstić information content (AvgIpc) is 0.722. The summed E-state index contributed by atoms with van der Waals surface area (Å²) in [6.45, 7) is 0. The van der Waals surface area contributed by atoms with Gasteiger partial charge in [0.05, 0.1) is 0 Å². The second-order valence-corrected chi connectivity index (χ2v) is 1.34. The molecule has 0 saturated heterocycles. The maximum atomic E-state index is 8.74. The molecule has 38 valence electrons. The Labute approximate surface area is 84.1 Å². The maximum absolute atomic E-state index is 8.74. The first-order valence-electron chi connectivity index (χ1n) is 0.698. The van der Waals surface area contributed by atoms with E-state index < -0.39 is 10.4 Å². The van der Waals surface area contributed by atoms with E-state index in [1.54, 1.807) is 0 Å². The Hall–Kier alpha value is 1.64. The van der Waals surface area contributed by atoms with Gasteiger partial charge in [-0.05, 0) is 0 Å². The topological polar surface area (TPSA) is 74.6 Å². The predicted octanol–water partition coefficient (Wildman–Crippen LogP) is -3.69. The van der Waals surface area contributed by atoms with Crippen molar-refractivity contribution in [3.8, 4) is 0 Å². The van der Waals surface area contributed by atoms with Crippen LogP contribution in [-0.2, 0) is 10.4 Å². The monoisotopic (exact) mass is 148 g/mol. The molecule has 0 aromatic heterocycles. The van der Waals surface area contributed by atoms with Gasteiger partial charge in [0.25, 0.3) is 0 Å². The molecule has 0 saturated carbocycles. The van der Waals surface area contributed by atoms with Gasteiger partial charge >= 0.3 is 63.0 Å². The molecule has 4 nitrogen and oxygen atoms in total. The molecule has 0 aliphatic rings. The molecule has 7 heteroatoms. The van der Waals surface area contributed by atoms with Crippen molar-refractivity contribution in [3.05, 3.63) is 0 Å². The molecule has 0 rings (SSSR count). The Balaban J connectivity index is -0.00000000800. The molecule has 0 aromatic carbocycles. The minimum atomic E-state index is -4.67. The van der Waals surface area contributed by atoms with E-state index in [4.69, 9.17) is 17.5 Å². The van der Waals surface area contributed by atoms with E-state index in [2.05, 4.69) is 0 Å². The van der Waals surface area contributed by atoms with Gasteiger partial charge in [0.15, 0.2) is 0 Å². The largest absolute Gasteiger partial charge is 2.00 e. The average molecular weight is 148 g/mol. The molecule has 0 radical (unpaired) electrons. The van der Waals surface area contributed by atoms with Crippen molar-refractivity contribution in [1.82, 2.24) is 0 Å². The Kier molecular flexibility index (Phi) is 13.1. The van der Waals surface area contributed by atoms with E-state index in [9.17, 15) is 0 Å². The van der Waals surface area contributed by atoms with Gasteiger partial charge < -0.3 is 4.28 Å². The summed E-state index contributed by atoms with van der Waals surface area (Å²) >= 11 is 0. The molecule has 0 aromatic rings. The predicted molar refractivity (Wildman–Crippen MR) is 23.3 cm³/mol. The summed E-state index contributed by atoms with van der Waals surface area (Å²) in [4.78, 5) is 0. The van der Waals surface area contributed by atoms with E-state index in [1.165, 1.54) is 0 Å². The standard InChI is InChI=1S/Mg.Na.H2O4S.3H/c;;1-5(2,3)4;;;/h;;(H2,1,2,3,4);;;/q+2;+1;;3*-1. The van der Waals surface area contributed by atoms with Crippen molar-refractivity contribution in [2.24, 2.45) is 0 Å². The van der Waals surface area contributed by atoms with Crippen molar-refractivity contribution in [2.45, 2.75) is 0 Å². The zero-order valence-electron chi connectivity index (χ0n) is 6.83. The summed E-state index contributed by atoms with van der Waals surface area (Å²) in [5.41, 5.74) is 0. The molecule has 0 spiro atoms. The quantitative estimate of drug-likeness (QED) is 0.274. The summed E-state index contributed by atoms with van der Waals surface area (Å²) < 4.78 is 31.6. The Morgan fingerprint density at radius 1 is 1.29 bits per heavy atom. The van der Waals surface area contributed by atoms with Crippen molar-refractivity contribution in [2.75, 3.05) is 0 Å². The molecule has 0 fully saturated rings. The van der Waals surface area contributed by atoms with E-state index in [0.717, 1.165) is 0 Å². The van der Waals surface area contributed by atoms with Crippen molar-refractivity contribution in [3.63, 3.8) is 0 Å². The van der Waals surface area contributed by atoms with Gasteiger partial charge in [0.2, 0.25) is 0 Å². The molecule has 0 unspecified atom stereocenters. The number of hydrogen-bond donors (Lipinski definition) is 2. The van der Waals surface area contributed by atoms with Crippen molar-refractivity contribution >= 4 is 33.5 Å². The molecular formula is H5MgNaO4S. The van der Waals surface area contributed by atoms with Crippen LogP contribution in [0.5, 0.6) is 0 Å². The smallest absolute Gasteiger partial charge is 1.00 e. The molecular weight excluding hydrogens is 143 g/mol. The second kappa shape index (κ2) is 5.77. The van der Waals surface area contributed by atoms with Crippen LogP contribution in [0.25, 0.3) is 0 Å². The van der Waals surface area contributed by atoms with Crippen LogP contribution < -0.4 is 29.6 Å². The van der Waals surface area contributed by atoms with Crippen LogP contribution in [0, 0.1) is 0 Å². The summed E-state index contributed by atoms with van der Waals surface area (Å²) in [7, 11) is -4.67. The summed E-state index contributed by atoms with van der Waals surface area (Å²) in [5, 5.41) is 0. The molecule has 0 aliphatic heterocycles. The molecule has 0 bridgehead atoms. The molecule has 0 aliphatic carbocycles. The fourth-order valence-electron chi connectivity index (χ4n) is 0. The van der Waals surface area contributed by atoms with Gasteiger partial charge in [-0.3, -0.25) is 9.11 Å². The first kappa shape index (κ1) is 15.9. The fourth-order valence-corrected chi connectivity index (χ4v) is 0. The minimum Gasteiger partial charge on any atom is -1.00 e. The normalized spacial score (nSPS) is 8.29. The third-order valence-corrected chi connectivity index (χ3v) is 0. The third kappa shape index (κ3) is 90.6. The van der Waals surface area contributed by atoms with Gasteiger partial charge in [0, 0.05) is 0 Å². The van der Waals surface area contributed by atoms with Crippen LogP contribution in [0.2, 0.25) is 0 Å². The maximum Gasteiger partial charge on any atom is 2.00 e. The van der Waals surface area contributed by atoms with Gasteiger partial charge in [-0.15, -0.1) is 0 Å². The van der Waals surface area contributed by atoms with Gasteiger partial charge in [-0.1, -0.05) is 0 Å². The zero-order chi connectivity index (χ0) is 4.50. The van der Waals surface area contributed by atoms with Crippen LogP contribution in [-0.4, -0.2) is 40.6 Å². The third-order valence-electron chi connectivity index (χ3n) is 0. The Morgan fingerprint density at radius 2 is 1.29 bits per heavy atom. The van der Waals surface area contributed by atoms with Gasteiger partial charge in [0.1, 0.15) is 0 Å². The molecule has 0 amide bonds. The van der Waals surface area contributed by atoms with Gasteiger partial charge in [-0.2, -0.15) is 8.42 Å².